The minimum absolute atomic E-state index is 0.192. The van der Waals surface area contributed by atoms with Crippen LogP contribution in [0, 0.1) is 5.41 Å². The number of aliphatic carboxylic acids is 1. The van der Waals surface area contributed by atoms with Gasteiger partial charge in [-0.1, -0.05) is 30.8 Å². The number of carboxylic acids is 1. The molecule has 2 aliphatic rings. The first-order valence-corrected chi connectivity index (χ1v) is 7.83. The van der Waals surface area contributed by atoms with Crippen LogP contribution in [0.1, 0.15) is 62.6 Å². The zero-order chi connectivity index (χ0) is 14.7. The fraction of sp³-hybridized carbons (Fsp3) is 0.800. The van der Waals surface area contributed by atoms with E-state index in [0.717, 1.165) is 38.7 Å². The average Bonchev–Trinajstić information content (AvgIpc) is 3.07. The van der Waals surface area contributed by atoms with Crippen LogP contribution >= 0.6 is 0 Å². The van der Waals surface area contributed by atoms with Crippen molar-refractivity contribution in [2.24, 2.45) is 5.41 Å². The Bertz CT molecular complexity index is 486. The van der Waals surface area contributed by atoms with Gasteiger partial charge in [0.05, 0.1) is 12.0 Å². The average molecular weight is 294 g/mol. The van der Waals surface area contributed by atoms with Crippen LogP contribution in [-0.4, -0.2) is 34.4 Å². The molecule has 116 valence electrons. The summed E-state index contributed by atoms with van der Waals surface area (Å²) in [6, 6.07) is 0. The number of carbonyl (C=O) groups is 1. The molecule has 0 aromatic carbocycles. The molecule has 6 nitrogen and oxygen atoms in total. The lowest BCUT2D eigenvalue weighted by Crippen LogP contribution is -2.33. The molecule has 1 aliphatic carbocycles. The maximum atomic E-state index is 11.8. The highest BCUT2D eigenvalue weighted by Crippen LogP contribution is 2.38. The highest BCUT2D eigenvalue weighted by molar-refractivity contribution is 5.74. The molecule has 1 N–H and O–H groups in total. The van der Waals surface area contributed by atoms with Crippen LogP contribution in [-0.2, 0) is 16.0 Å². The van der Waals surface area contributed by atoms with Crippen molar-refractivity contribution in [3.05, 3.63) is 11.7 Å². The zero-order valence-electron chi connectivity index (χ0n) is 12.2. The Morgan fingerprint density at radius 1 is 1.29 bits per heavy atom. The number of rotatable bonds is 4. The van der Waals surface area contributed by atoms with E-state index in [1.54, 1.807) is 0 Å². The SMILES string of the molecule is O=C(O)C1(Cc2nc(C3CCOC3)no2)CCCCCC1. The van der Waals surface area contributed by atoms with Crippen molar-refractivity contribution >= 4 is 5.97 Å². The van der Waals surface area contributed by atoms with E-state index in [2.05, 4.69) is 10.1 Å². The van der Waals surface area contributed by atoms with Gasteiger partial charge in [0.2, 0.25) is 5.89 Å². The number of carboxylic acid groups (broad SMARTS) is 1. The molecular formula is C15H22N2O4. The fourth-order valence-corrected chi connectivity index (χ4v) is 3.40. The van der Waals surface area contributed by atoms with E-state index in [4.69, 9.17) is 9.26 Å². The predicted molar refractivity (Wildman–Crippen MR) is 73.9 cm³/mol. The number of hydrogen-bond donors (Lipinski definition) is 1. The molecule has 0 amide bonds. The molecule has 0 radical (unpaired) electrons. The van der Waals surface area contributed by atoms with Crippen LogP contribution in [0.25, 0.3) is 0 Å². The van der Waals surface area contributed by atoms with Crippen molar-refractivity contribution in [1.82, 2.24) is 10.1 Å². The lowest BCUT2D eigenvalue weighted by atomic mass is 9.77. The molecule has 6 heteroatoms. The van der Waals surface area contributed by atoms with Crippen molar-refractivity contribution in [2.75, 3.05) is 13.2 Å². The molecule has 1 saturated carbocycles. The van der Waals surface area contributed by atoms with E-state index < -0.39 is 11.4 Å². The van der Waals surface area contributed by atoms with Crippen LogP contribution in [0.5, 0.6) is 0 Å². The maximum absolute atomic E-state index is 11.8. The standard InChI is InChI=1S/C15H22N2O4/c18-14(19)15(6-3-1-2-4-7-15)9-12-16-13(17-21-12)11-5-8-20-10-11/h11H,1-10H2,(H,18,19). The summed E-state index contributed by atoms with van der Waals surface area (Å²) >= 11 is 0. The van der Waals surface area contributed by atoms with Crippen LogP contribution in [0.2, 0.25) is 0 Å². The molecule has 1 atom stereocenters. The highest BCUT2D eigenvalue weighted by atomic mass is 16.5. The van der Waals surface area contributed by atoms with Gasteiger partial charge in [-0.25, -0.2) is 0 Å². The second-order valence-electron chi connectivity index (χ2n) is 6.28. The topological polar surface area (TPSA) is 85.5 Å². The van der Waals surface area contributed by atoms with E-state index >= 15 is 0 Å². The molecule has 1 saturated heterocycles. The van der Waals surface area contributed by atoms with Gasteiger partial charge in [0.1, 0.15) is 0 Å². The Balaban J connectivity index is 1.74. The molecule has 2 heterocycles. The summed E-state index contributed by atoms with van der Waals surface area (Å²) < 4.78 is 10.6. The number of nitrogens with zero attached hydrogens (tertiary/aromatic N) is 2. The zero-order valence-corrected chi connectivity index (χ0v) is 12.2. The van der Waals surface area contributed by atoms with Gasteiger partial charge in [-0.2, -0.15) is 4.98 Å². The summed E-state index contributed by atoms with van der Waals surface area (Å²) in [6.45, 7) is 1.36. The molecule has 1 aromatic heterocycles. The first kappa shape index (κ1) is 14.5. The molecule has 3 rings (SSSR count). The molecule has 1 unspecified atom stereocenters. The molecular weight excluding hydrogens is 272 g/mol. The van der Waals surface area contributed by atoms with E-state index in [1.165, 1.54) is 0 Å². The monoisotopic (exact) mass is 294 g/mol. The first-order chi connectivity index (χ1) is 10.2. The third-order valence-corrected chi connectivity index (χ3v) is 4.78. The number of ether oxygens (including phenoxy) is 1. The molecule has 1 aliphatic heterocycles. The normalized spacial score (nSPS) is 25.6. The third-order valence-electron chi connectivity index (χ3n) is 4.78. The van der Waals surface area contributed by atoms with Gasteiger partial charge >= 0.3 is 5.97 Å². The van der Waals surface area contributed by atoms with Crippen LogP contribution in [0.3, 0.4) is 0 Å². The Hall–Kier alpha value is -1.43. The van der Waals surface area contributed by atoms with E-state index in [9.17, 15) is 9.90 Å². The van der Waals surface area contributed by atoms with Crippen molar-refractivity contribution in [3.63, 3.8) is 0 Å². The number of hydrogen-bond acceptors (Lipinski definition) is 5. The molecule has 0 spiro atoms. The second kappa shape index (κ2) is 6.13. The van der Waals surface area contributed by atoms with Gasteiger partial charge in [-0.15, -0.1) is 0 Å². The minimum atomic E-state index is -0.730. The van der Waals surface area contributed by atoms with Gasteiger partial charge in [0.25, 0.3) is 0 Å². The Morgan fingerprint density at radius 3 is 2.67 bits per heavy atom. The van der Waals surface area contributed by atoms with E-state index in [0.29, 0.717) is 37.6 Å². The quantitative estimate of drug-likeness (QED) is 0.859. The summed E-state index contributed by atoms with van der Waals surface area (Å²) in [5.74, 6) is 0.587. The molecule has 0 bridgehead atoms. The van der Waals surface area contributed by atoms with Crippen LogP contribution in [0.15, 0.2) is 4.52 Å². The molecule has 1 aromatic rings. The van der Waals surface area contributed by atoms with Crippen LogP contribution in [0.4, 0.5) is 0 Å². The van der Waals surface area contributed by atoms with E-state index in [-0.39, 0.29) is 5.92 Å². The summed E-state index contributed by atoms with van der Waals surface area (Å²) in [4.78, 5) is 16.2. The van der Waals surface area contributed by atoms with Crippen molar-refractivity contribution in [2.45, 2.75) is 57.3 Å². The molecule has 2 fully saturated rings. The number of aromatic nitrogens is 2. The first-order valence-electron chi connectivity index (χ1n) is 7.83. The predicted octanol–water partition coefficient (Wildman–Crippen LogP) is 2.54. The minimum Gasteiger partial charge on any atom is -0.481 e. The summed E-state index contributed by atoms with van der Waals surface area (Å²) in [6.07, 6.45) is 6.81. The lowest BCUT2D eigenvalue weighted by molar-refractivity contribution is -0.150. The van der Waals surface area contributed by atoms with Gasteiger partial charge in [0, 0.05) is 18.9 Å². The van der Waals surface area contributed by atoms with E-state index in [1.807, 2.05) is 0 Å². The van der Waals surface area contributed by atoms with Crippen molar-refractivity contribution in [3.8, 4) is 0 Å². The van der Waals surface area contributed by atoms with Gasteiger partial charge in [-0.3, -0.25) is 4.79 Å². The van der Waals surface area contributed by atoms with Crippen molar-refractivity contribution < 1.29 is 19.2 Å². The van der Waals surface area contributed by atoms with Gasteiger partial charge < -0.3 is 14.4 Å². The van der Waals surface area contributed by atoms with Gasteiger partial charge in [-0.05, 0) is 19.3 Å². The molecule has 21 heavy (non-hydrogen) atoms. The summed E-state index contributed by atoms with van der Waals surface area (Å²) in [7, 11) is 0. The van der Waals surface area contributed by atoms with Crippen LogP contribution < -0.4 is 0 Å². The third kappa shape index (κ3) is 3.10. The largest absolute Gasteiger partial charge is 0.481 e. The Morgan fingerprint density at radius 2 is 2.05 bits per heavy atom. The lowest BCUT2D eigenvalue weighted by Gasteiger charge is -2.26. The van der Waals surface area contributed by atoms with Crippen molar-refractivity contribution in [1.29, 1.82) is 0 Å². The fourth-order valence-electron chi connectivity index (χ4n) is 3.40. The maximum Gasteiger partial charge on any atom is 0.310 e. The van der Waals surface area contributed by atoms with Gasteiger partial charge in [0.15, 0.2) is 5.82 Å². The summed E-state index contributed by atoms with van der Waals surface area (Å²) in [5, 5.41) is 13.7. The summed E-state index contributed by atoms with van der Waals surface area (Å²) in [5.41, 5.74) is -0.730. The smallest absolute Gasteiger partial charge is 0.310 e. The Labute approximate surface area is 123 Å². The second-order valence-corrected chi connectivity index (χ2v) is 6.28. The highest BCUT2D eigenvalue weighted by Gasteiger charge is 2.40. The Kier molecular flexibility index (Phi) is 4.24.